The number of hydrogen-bond acceptors (Lipinski definition) is 4. The molecule has 1 unspecified atom stereocenters. The summed E-state index contributed by atoms with van der Waals surface area (Å²) in [5.41, 5.74) is 0.776. The quantitative estimate of drug-likeness (QED) is 0.913. The van der Waals surface area contributed by atoms with Crippen molar-refractivity contribution >= 4 is 16.0 Å². The highest BCUT2D eigenvalue weighted by atomic mass is 32.2. The van der Waals surface area contributed by atoms with Gasteiger partial charge in [-0.3, -0.25) is 4.79 Å². The number of rotatable bonds is 4. The second-order valence-electron chi connectivity index (χ2n) is 5.12. The fraction of sp³-hybridized carbons (Fsp3) is 0.500. The maximum absolute atomic E-state index is 12.8. The maximum Gasteiger partial charge on any atom is 0.322 e. The van der Waals surface area contributed by atoms with E-state index in [9.17, 15) is 18.3 Å². The van der Waals surface area contributed by atoms with Gasteiger partial charge in [-0.2, -0.15) is 4.31 Å². The van der Waals surface area contributed by atoms with Crippen molar-refractivity contribution in [2.45, 2.75) is 37.1 Å². The molecule has 0 amide bonds. The van der Waals surface area contributed by atoms with Gasteiger partial charge >= 0.3 is 5.97 Å². The first kappa shape index (κ1) is 15.8. The Morgan fingerprint density at radius 2 is 2.10 bits per heavy atom. The van der Waals surface area contributed by atoms with E-state index in [4.69, 9.17) is 4.74 Å². The van der Waals surface area contributed by atoms with E-state index in [2.05, 4.69) is 0 Å². The van der Waals surface area contributed by atoms with E-state index >= 15 is 0 Å². The number of aliphatic carboxylic acids is 1. The number of sulfonamides is 1. The first-order chi connectivity index (χ1) is 9.87. The normalized spacial score (nSPS) is 20.2. The number of carboxylic acids is 1. The van der Waals surface area contributed by atoms with Gasteiger partial charge in [0, 0.05) is 6.54 Å². The van der Waals surface area contributed by atoms with Gasteiger partial charge in [0.15, 0.2) is 0 Å². The second kappa shape index (κ2) is 6.03. The molecule has 0 bridgehead atoms. The third-order valence-corrected chi connectivity index (χ3v) is 5.57. The lowest BCUT2D eigenvalue weighted by atomic mass is 10.1. The maximum atomic E-state index is 12.8. The van der Waals surface area contributed by atoms with Gasteiger partial charge in [-0.15, -0.1) is 0 Å². The Kier molecular flexibility index (Phi) is 4.53. The molecule has 1 fully saturated rings. The molecule has 1 aromatic carbocycles. The number of carbonyl (C=O) groups is 1. The molecule has 1 aliphatic rings. The molecule has 6 nitrogen and oxygen atoms in total. The molecule has 1 aliphatic heterocycles. The number of aryl methyl sites for hydroxylation is 1. The lowest BCUT2D eigenvalue weighted by Gasteiger charge is -2.32. The molecular formula is C14H19NO5S. The average Bonchev–Trinajstić information content (AvgIpc) is 2.47. The molecule has 1 aromatic rings. The van der Waals surface area contributed by atoms with Crippen LogP contribution < -0.4 is 4.74 Å². The van der Waals surface area contributed by atoms with Crippen molar-refractivity contribution in [3.63, 3.8) is 0 Å². The van der Waals surface area contributed by atoms with Crippen molar-refractivity contribution in [2.75, 3.05) is 13.7 Å². The van der Waals surface area contributed by atoms with Gasteiger partial charge in [0.05, 0.1) is 7.11 Å². The summed E-state index contributed by atoms with van der Waals surface area (Å²) in [6.45, 7) is 2.00. The smallest absolute Gasteiger partial charge is 0.322 e. The van der Waals surface area contributed by atoms with Gasteiger partial charge in [-0.25, -0.2) is 8.42 Å². The summed E-state index contributed by atoms with van der Waals surface area (Å²) in [7, 11) is -2.50. The highest BCUT2D eigenvalue weighted by Crippen LogP contribution is 2.31. The molecule has 0 saturated carbocycles. The first-order valence-corrected chi connectivity index (χ1v) is 8.21. The van der Waals surface area contributed by atoms with E-state index in [1.807, 2.05) is 0 Å². The predicted molar refractivity (Wildman–Crippen MR) is 76.9 cm³/mol. The van der Waals surface area contributed by atoms with Crippen LogP contribution in [0.5, 0.6) is 5.75 Å². The largest absolute Gasteiger partial charge is 0.495 e. The van der Waals surface area contributed by atoms with E-state index in [0.717, 1.165) is 9.87 Å². The van der Waals surface area contributed by atoms with E-state index in [1.54, 1.807) is 19.1 Å². The lowest BCUT2D eigenvalue weighted by molar-refractivity contribution is -0.142. The van der Waals surface area contributed by atoms with Gasteiger partial charge in [-0.05, 0) is 43.9 Å². The zero-order chi connectivity index (χ0) is 15.6. The van der Waals surface area contributed by atoms with Crippen LogP contribution in [0, 0.1) is 6.92 Å². The van der Waals surface area contributed by atoms with Crippen molar-refractivity contribution < 1.29 is 23.1 Å². The summed E-state index contributed by atoms with van der Waals surface area (Å²) in [6, 6.07) is 3.85. The highest BCUT2D eigenvalue weighted by Gasteiger charge is 2.38. The number of piperidine rings is 1. The summed E-state index contributed by atoms with van der Waals surface area (Å²) in [5.74, 6) is -0.875. The Hall–Kier alpha value is -1.60. The summed E-state index contributed by atoms with van der Waals surface area (Å²) < 4.78 is 31.8. The molecule has 7 heteroatoms. The Morgan fingerprint density at radius 1 is 1.38 bits per heavy atom. The molecule has 2 rings (SSSR count). The molecule has 0 aliphatic carbocycles. The van der Waals surface area contributed by atoms with E-state index < -0.39 is 22.0 Å². The third kappa shape index (κ3) is 3.03. The fourth-order valence-electron chi connectivity index (χ4n) is 2.55. The number of carboxylic acid groups (broad SMARTS) is 1. The summed E-state index contributed by atoms with van der Waals surface area (Å²) >= 11 is 0. The molecule has 0 spiro atoms. The van der Waals surface area contributed by atoms with Crippen LogP contribution in [0.4, 0.5) is 0 Å². The average molecular weight is 313 g/mol. The van der Waals surface area contributed by atoms with Crippen molar-refractivity contribution in [3.05, 3.63) is 23.8 Å². The monoisotopic (exact) mass is 313 g/mol. The van der Waals surface area contributed by atoms with Crippen molar-refractivity contribution in [1.82, 2.24) is 4.31 Å². The molecule has 0 aromatic heterocycles. The topological polar surface area (TPSA) is 83.9 Å². The van der Waals surface area contributed by atoms with Gasteiger partial charge in [0.1, 0.15) is 16.7 Å². The minimum Gasteiger partial charge on any atom is -0.495 e. The molecule has 1 heterocycles. The number of nitrogens with zero attached hydrogens (tertiary/aromatic N) is 1. The Labute approximate surface area is 124 Å². The highest BCUT2D eigenvalue weighted by molar-refractivity contribution is 7.89. The second-order valence-corrected chi connectivity index (χ2v) is 6.98. The number of ether oxygens (including phenoxy) is 1. The SMILES string of the molecule is COc1ccc(C)cc1S(=O)(=O)N1CCCCC1C(=O)O. The zero-order valence-electron chi connectivity index (χ0n) is 12.1. The van der Waals surface area contributed by atoms with Crippen LogP contribution in [0.15, 0.2) is 23.1 Å². The number of methoxy groups -OCH3 is 1. The minimum absolute atomic E-state index is 0.0261. The van der Waals surface area contributed by atoms with Gasteiger partial charge in [-0.1, -0.05) is 6.07 Å². The van der Waals surface area contributed by atoms with Crippen LogP contribution in [-0.4, -0.2) is 43.5 Å². The molecule has 0 radical (unpaired) electrons. The van der Waals surface area contributed by atoms with Crippen LogP contribution in [0.2, 0.25) is 0 Å². The number of benzene rings is 1. The predicted octanol–water partition coefficient (Wildman–Crippen LogP) is 1.63. The standard InChI is InChI=1S/C14H19NO5S/c1-10-6-7-12(20-2)13(9-10)21(18,19)15-8-4-3-5-11(15)14(16)17/h6-7,9,11H,3-5,8H2,1-2H3,(H,16,17). The Balaban J connectivity index is 2.50. The minimum atomic E-state index is -3.89. The van der Waals surface area contributed by atoms with Gasteiger partial charge < -0.3 is 9.84 Å². The number of hydrogen-bond donors (Lipinski definition) is 1. The van der Waals surface area contributed by atoms with Crippen LogP contribution in [0.3, 0.4) is 0 Å². The molecule has 1 saturated heterocycles. The van der Waals surface area contributed by atoms with Crippen molar-refractivity contribution in [1.29, 1.82) is 0 Å². The molecule has 21 heavy (non-hydrogen) atoms. The third-order valence-electron chi connectivity index (χ3n) is 3.64. The Morgan fingerprint density at radius 3 is 2.71 bits per heavy atom. The first-order valence-electron chi connectivity index (χ1n) is 6.77. The van der Waals surface area contributed by atoms with E-state index in [-0.39, 0.29) is 17.2 Å². The summed E-state index contributed by atoms with van der Waals surface area (Å²) in [6.07, 6.45) is 1.72. The van der Waals surface area contributed by atoms with Crippen LogP contribution >= 0.6 is 0 Å². The van der Waals surface area contributed by atoms with E-state index in [0.29, 0.717) is 19.3 Å². The van der Waals surface area contributed by atoms with Crippen molar-refractivity contribution in [2.24, 2.45) is 0 Å². The molecule has 1 N–H and O–H groups in total. The lowest BCUT2D eigenvalue weighted by Crippen LogP contribution is -2.47. The molecular weight excluding hydrogens is 294 g/mol. The Bertz CT molecular complexity index is 641. The van der Waals surface area contributed by atoms with Gasteiger partial charge in [0.25, 0.3) is 0 Å². The molecule has 116 valence electrons. The summed E-state index contributed by atoms with van der Waals surface area (Å²) in [4.78, 5) is 11.4. The van der Waals surface area contributed by atoms with Crippen molar-refractivity contribution in [3.8, 4) is 5.75 Å². The molecule has 1 atom stereocenters. The van der Waals surface area contributed by atoms with Crippen LogP contribution in [0.1, 0.15) is 24.8 Å². The fourth-order valence-corrected chi connectivity index (χ4v) is 4.44. The van der Waals surface area contributed by atoms with E-state index in [1.165, 1.54) is 13.2 Å². The van der Waals surface area contributed by atoms with Gasteiger partial charge in [0.2, 0.25) is 10.0 Å². The van der Waals surface area contributed by atoms with Crippen LogP contribution in [0.25, 0.3) is 0 Å². The summed E-state index contributed by atoms with van der Waals surface area (Å²) in [5, 5.41) is 9.26. The zero-order valence-corrected chi connectivity index (χ0v) is 12.9. The van der Waals surface area contributed by atoms with Crippen LogP contribution in [-0.2, 0) is 14.8 Å².